The smallest absolute Gasteiger partial charge is 0.220 e. The number of carbonyl (C=O) groups excluding carboxylic acids is 1. The quantitative estimate of drug-likeness (QED) is 0.0324. The lowest BCUT2D eigenvalue weighted by Crippen LogP contribution is -2.65. The molecule has 0 aromatic heterocycles. The molecule has 2 fully saturated rings. The van der Waals surface area contributed by atoms with E-state index in [9.17, 15) is 45.6 Å². The Hall–Kier alpha value is -1.27. The van der Waals surface area contributed by atoms with E-state index < -0.39 is 86.8 Å². The van der Waals surface area contributed by atoms with E-state index in [-0.39, 0.29) is 18.9 Å². The molecule has 14 nitrogen and oxygen atoms in total. The van der Waals surface area contributed by atoms with Gasteiger partial charge in [-0.05, 0) is 19.3 Å². The molecule has 12 unspecified atom stereocenters. The van der Waals surface area contributed by atoms with Gasteiger partial charge in [-0.1, -0.05) is 154 Å². The Morgan fingerprint density at radius 3 is 1.59 bits per heavy atom. The topological polar surface area (TPSA) is 228 Å². The Bertz CT molecular complexity index is 1040. The number of rotatable bonds is 34. The molecular weight excluding hydrogens is 750 g/mol. The van der Waals surface area contributed by atoms with E-state index in [4.69, 9.17) is 18.9 Å². The van der Waals surface area contributed by atoms with Crippen molar-refractivity contribution in [2.75, 3.05) is 19.8 Å². The van der Waals surface area contributed by atoms with Gasteiger partial charge in [0.05, 0.1) is 32.0 Å². The highest BCUT2D eigenvalue weighted by molar-refractivity contribution is 5.76. The molecule has 0 aromatic rings. The summed E-state index contributed by atoms with van der Waals surface area (Å²) in [5.41, 5.74) is 0. The SMILES string of the molecule is CCCCCCCCCCC/C=C/C(O)C(COC1OC(CO)C(OC2OC(CO)C(O)C(O)C2O)C(O)C1O)NC(=O)CCCCCCCCCCCCCCC. The molecular formula is C44H83NO13. The van der Waals surface area contributed by atoms with Gasteiger partial charge in [0.25, 0.3) is 0 Å². The molecule has 14 heteroatoms. The van der Waals surface area contributed by atoms with Gasteiger partial charge in [0.2, 0.25) is 5.91 Å². The van der Waals surface area contributed by atoms with Crippen molar-refractivity contribution in [3.05, 3.63) is 12.2 Å². The first-order valence-corrected chi connectivity index (χ1v) is 22.9. The fraction of sp³-hybridized carbons (Fsp3) is 0.932. The summed E-state index contributed by atoms with van der Waals surface area (Å²) in [4.78, 5) is 13.1. The minimum absolute atomic E-state index is 0.241. The number of nitrogens with one attached hydrogen (secondary N) is 1. The first-order valence-electron chi connectivity index (χ1n) is 22.9. The third-order valence-corrected chi connectivity index (χ3v) is 11.5. The average molecular weight is 834 g/mol. The molecule has 0 bridgehead atoms. The number of carbonyl (C=O) groups is 1. The zero-order valence-electron chi connectivity index (χ0n) is 35.8. The van der Waals surface area contributed by atoms with Crippen LogP contribution in [0.5, 0.6) is 0 Å². The monoisotopic (exact) mass is 834 g/mol. The molecule has 2 aliphatic heterocycles. The maximum absolute atomic E-state index is 13.1. The van der Waals surface area contributed by atoms with Gasteiger partial charge in [0, 0.05) is 6.42 Å². The summed E-state index contributed by atoms with van der Waals surface area (Å²) in [6.07, 6.45) is 14.0. The van der Waals surface area contributed by atoms with Crippen molar-refractivity contribution >= 4 is 5.91 Å². The fourth-order valence-corrected chi connectivity index (χ4v) is 7.64. The molecule has 0 spiro atoms. The molecule has 12 atom stereocenters. The van der Waals surface area contributed by atoms with Gasteiger partial charge in [0.15, 0.2) is 12.6 Å². The van der Waals surface area contributed by atoms with Gasteiger partial charge in [-0.3, -0.25) is 4.79 Å². The van der Waals surface area contributed by atoms with Gasteiger partial charge in [0.1, 0.15) is 48.8 Å². The second-order valence-corrected chi connectivity index (χ2v) is 16.5. The van der Waals surface area contributed by atoms with E-state index in [1.165, 1.54) is 103 Å². The van der Waals surface area contributed by atoms with Gasteiger partial charge >= 0.3 is 0 Å². The molecule has 342 valence electrons. The number of unbranched alkanes of at least 4 members (excludes halogenated alkanes) is 21. The average Bonchev–Trinajstić information content (AvgIpc) is 3.22. The highest BCUT2D eigenvalue weighted by atomic mass is 16.7. The predicted molar refractivity (Wildman–Crippen MR) is 222 cm³/mol. The number of aliphatic hydroxyl groups excluding tert-OH is 8. The molecule has 58 heavy (non-hydrogen) atoms. The minimum atomic E-state index is -1.78. The van der Waals surface area contributed by atoms with Crippen LogP contribution in [-0.4, -0.2) is 140 Å². The lowest BCUT2D eigenvalue weighted by atomic mass is 9.97. The van der Waals surface area contributed by atoms with E-state index in [0.717, 1.165) is 38.5 Å². The van der Waals surface area contributed by atoms with Crippen LogP contribution in [0.25, 0.3) is 0 Å². The summed E-state index contributed by atoms with van der Waals surface area (Å²) in [7, 11) is 0. The van der Waals surface area contributed by atoms with Crippen LogP contribution in [-0.2, 0) is 23.7 Å². The summed E-state index contributed by atoms with van der Waals surface area (Å²) in [5, 5.41) is 86.4. The van der Waals surface area contributed by atoms with Crippen LogP contribution in [0, 0.1) is 0 Å². The van der Waals surface area contributed by atoms with E-state index in [1.54, 1.807) is 6.08 Å². The van der Waals surface area contributed by atoms with Crippen molar-refractivity contribution in [1.82, 2.24) is 5.32 Å². The maximum Gasteiger partial charge on any atom is 0.220 e. The van der Waals surface area contributed by atoms with Crippen LogP contribution in [0.4, 0.5) is 0 Å². The zero-order chi connectivity index (χ0) is 42.5. The molecule has 2 saturated heterocycles. The first-order chi connectivity index (χ1) is 28.1. The van der Waals surface area contributed by atoms with E-state index in [0.29, 0.717) is 6.42 Å². The Morgan fingerprint density at radius 1 is 0.603 bits per heavy atom. The van der Waals surface area contributed by atoms with Crippen molar-refractivity contribution in [3.8, 4) is 0 Å². The van der Waals surface area contributed by atoms with Crippen molar-refractivity contribution in [2.24, 2.45) is 0 Å². The van der Waals surface area contributed by atoms with Crippen LogP contribution in [0.15, 0.2) is 12.2 Å². The summed E-state index contributed by atoms with van der Waals surface area (Å²) < 4.78 is 22.6. The van der Waals surface area contributed by atoms with Crippen LogP contribution in [0.3, 0.4) is 0 Å². The van der Waals surface area contributed by atoms with Crippen LogP contribution < -0.4 is 5.32 Å². The van der Waals surface area contributed by atoms with Crippen molar-refractivity contribution in [3.63, 3.8) is 0 Å². The normalized spacial score (nSPS) is 28.9. The number of amides is 1. The number of hydrogen-bond donors (Lipinski definition) is 9. The van der Waals surface area contributed by atoms with E-state index >= 15 is 0 Å². The largest absolute Gasteiger partial charge is 0.394 e. The molecule has 2 aliphatic rings. The molecule has 0 radical (unpaired) electrons. The fourth-order valence-electron chi connectivity index (χ4n) is 7.64. The zero-order valence-corrected chi connectivity index (χ0v) is 35.8. The molecule has 0 aliphatic carbocycles. The van der Waals surface area contributed by atoms with Crippen LogP contribution in [0.1, 0.15) is 168 Å². The third kappa shape index (κ3) is 20.5. The van der Waals surface area contributed by atoms with Gasteiger partial charge in [-0.15, -0.1) is 0 Å². The Balaban J connectivity index is 1.90. The standard InChI is InChI=1S/C44H83NO13/c1-3-5-7-9-11-13-15-16-18-20-22-24-26-28-36(49)45-32(33(48)27-25-23-21-19-17-14-12-10-8-6-4-2)31-55-43-41(54)39(52)42(35(30-47)57-43)58-44-40(53)38(51)37(50)34(29-46)56-44/h25,27,32-35,37-44,46-48,50-54H,3-24,26,28-31H2,1-2H3,(H,45,49)/b27-25+. The number of allylic oxidation sites excluding steroid dienone is 1. The first kappa shape index (κ1) is 52.9. The molecule has 0 aromatic carbocycles. The second-order valence-electron chi connectivity index (χ2n) is 16.5. The highest BCUT2D eigenvalue weighted by Crippen LogP contribution is 2.30. The van der Waals surface area contributed by atoms with Crippen molar-refractivity contribution in [2.45, 2.75) is 242 Å². The van der Waals surface area contributed by atoms with Gasteiger partial charge < -0.3 is 65.1 Å². The lowest BCUT2D eigenvalue weighted by Gasteiger charge is -2.46. The minimum Gasteiger partial charge on any atom is -0.394 e. The van der Waals surface area contributed by atoms with Crippen LogP contribution >= 0.6 is 0 Å². The number of ether oxygens (including phenoxy) is 4. The van der Waals surface area contributed by atoms with Crippen LogP contribution in [0.2, 0.25) is 0 Å². The molecule has 2 heterocycles. The number of hydrogen-bond acceptors (Lipinski definition) is 13. The number of aliphatic hydroxyl groups is 8. The van der Waals surface area contributed by atoms with E-state index in [1.807, 2.05) is 6.08 Å². The molecule has 9 N–H and O–H groups in total. The Kier molecular flexibility index (Phi) is 29.6. The van der Waals surface area contributed by atoms with Gasteiger partial charge in [-0.25, -0.2) is 0 Å². The predicted octanol–water partition coefficient (Wildman–Crippen LogP) is 4.43. The Morgan fingerprint density at radius 2 is 1.07 bits per heavy atom. The third-order valence-electron chi connectivity index (χ3n) is 11.5. The van der Waals surface area contributed by atoms with Gasteiger partial charge in [-0.2, -0.15) is 0 Å². The molecule has 0 saturated carbocycles. The molecule has 1 amide bonds. The summed E-state index contributed by atoms with van der Waals surface area (Å²) in [6, 6.07) is -0.905. The lowest BCUT2D eigenvalue weighted by molar-refractivity contribution is -0.359. The summed E-state index contributed by atoms with van der Waals surface area (Å²) >= 11 is 0. The maximum atomic E-state index is 13.1. The van der Waals surface area contributed by atoms with E-state index in [2.05, 4.69) is 19.2 Å². The second kappa shape index (κ2) is 32.4. The summed E-state index contributed by atoms with van der Waals surface area (Å²) in [6.45, 7) is 2.75. The molecule has 2 rings (SSSR count). The highest BCUT2D eigenvalue weighted by Gasteiger charge is 2.50. The van der Waals surface area contributed by atoms with Crippen molar-refractivity contribution in [1.29, 1.82) is 0 Å². The van der Waals surface area contributed by atoms with Crippen molar-refractivity contribution < 1.29 is 64.6 Å². The summed E-state index contributed by atoms with van der Waals surface area (Å²) in [5.74, 6) is -0.241. The Labute approximate surface area is 348 Å².